The molecule has 0 aliphatic carbocycles. The van der Waals surface area contributed by atoms with E-state index < -0.39 is 24.0 Å². The summed E-state index contributed by atoms with van der Waals surface area (Å²) in [4.78, 5) is 35.4. The topological polar surface area (TPSA) is 93.7 Å². The normalized spacial score (nSPS) is 11.3. The Labute approximate surface area is 148 Å². The number of carbonyl (C=O) groups excluding carboxylic acids is 3. The summed E-state index contributed by atoms with van der Waals surface area (Å²) in [6.07, 6.45) is 1.43. The Balaban J connectivity index is 2.48. The van der Waals surface area contributed by atoms with E-state index in [-0.39, 0.29) is 19.8 Å². The van der Waals surface area contributed by atoms with E-state index in [2.05, 4.69) is 10.6 Å². The van der Waals surface area contributed by atoms with Crippen LogP contribution >= 0.6 is 0 Å². The predicted octanol–water partition coefficient (Wildman–Crippen LogP) is 2.15. The van der Waals surface area contributed by atoms with Gasteiger partial charge < -0.3 is 20.1 Å². The van der Waals surface area contributed by atoms with E-state index in [0.717, 1.165) is 18.4 Å². The molecule has 7 heteroatoms. The lowest BCUT2D eigenvalue weighted by molar-refractivity contribution is -0.143. The molecule has 0 aliphatic rings. The molecule has 25 heavy (non-hydrogen) atoms. The molecular weight excluding hydrogens is 324 g/mol. The second kappa shape index (κ2) is 11.9. The van der Waals surface area contributed by atoms with Crippen LogP contribution in [-0.2, 0) is 25.7 Å². The number of esters is 1. The van der Waals surface area contributed by atoms with Crippen LogP contribution in [0.1, 0.15) is 38.7 Å². The largest absolute Gasteiger partial charge is 0.465 e. The number of hydrogen-bond acceptors (Lipinski definition) is 5. The monoisotopic (exact) mass is 350 g/mol. The Hall–Kier alpha value is -2.57. The van der Waals surface area contributed by atoms with Crippen molar-refractivity contribution in [2.45, 2.75) is 45.8 Å². The number of benzene rings is 1. The van der Waals surface area contributed by atoms with E-state index in [0.29, 0.717) is 6.42 Å². The van der Waals surface area contributed by atoms with Gasteiger partial charge in [-0.15, -0.1) is 0 Å². The molecule has 1 aromatic carbocycles. The fraction of sp³-hybridized carbons (Fsp3) is 0.500. The Bertz CT molecular complexity index is 548. The van der Waals surface area contributed by atoms with E-state index in [1.54, 1.807) is 6.92 Å². The maximum Gasteiger partial charge on any atom is 0.408 e. The van der Waals surface area contributed by atoms with Crippen molar-refractivity contribution in [2.24, 2.45) is 0 Å². The minimum Gasteiger partial charge on any atom is -0.465 e. The second-order valence-corrected chi connectivity index (χ2v) is 5.42. The van der Waals surface area contributed by atoms with E-state index >= 15 is 0 Å². The lowest BCUT2D eigenvalue weighted by Gasteiger charge is -2.18. The summed E-state index contributed by atoms with van der Waals surface area (Å²) in [7, 11) is 0. The van der Waals surface area contributed by atoms with Crippen molar-refractivity contribution in [3.63, 3.8) is 0 Å². The van der Waals surface area contributed by atoms with E-state index in [9.17, 15) is 14.4 Å². The van der Waals surface area contributed by atoms with Crippen LogP contribution in [0.15, 0.2) is 30.3 Å². The van der Waals surface area contributed by atoms with Gasteiger partial charge in [-0.2, -0.15) is 0 Å². The van der Waals surface area contributed by atoms with Gasteiger partial charge in [0, 0.05) is 0 Å². The summed E-state index contributed by atoms with van der Waals surface area (Å²) >= 11 is 0. The summed E-state index contributed by atoms with van der Waals surface area (Å²) < 4.78 is 9.89. The molecule has 0 bridgehead atoms. The summed E-state index contributed by atoms with van der Waals surface area (Å²) in [6.45, 7) is 3.82. The number of unbranched alkanes of at least 4 members (excludes halogenated alkanes) is 1. The van der Waals surface area contributed by atoms with Crippen LogP contribution in [-0.4, -0.2) is 37.2 Å². The summed E-state index contributed by atoms with van der Waals surface area (Å²) in [6, 6.07) is 8.50. The molecule has 0 aliphatic heterocycles. The van der Waals surface area contributed by atoms with Gasteiger partial charge in [0.05, 0.1) is 6.61 Å². The molecule has 0 saturated heterocycles. The van der Waals surface area contributed by atoms with E-state index in [1.165, 1.54) is 0 Å². The molecule has 0 heterocycles. The first-order valence-corrected chi connectivity index (χ1v) is 8.47. The van der Waals surface area contributed by atoms with Gasteiger partial charge in [-0.05, 0) is 18.9 Å². The molecule has 2 amide bonds. The lowest BCUT2D eigenvalue weighted by atomic mass is 10.1. The Kier molecular flexibility index (Phi) is 9.74. The van der Waals surface area contributed by atoms with Crippen LogP contribution in [0.25, 0.3) is 0 Å². The standard InChI is InChI=1S/C18H26N2O5/c1-3-5-11-15(17(22)19-12-16(21)24-4-2)20-18(23)25-13-14-9-7-6-8-10-14/h6-10,15H,3-5,11-13H2,1-2H3,(H,19,22)(H,20,23)/t15-/m0/s1. The molecule has 0 radical (unpaired) electrons. The van der Waals surface area contributed by atoms with Crippen molar-refractivity contribution in [1.82, 2.24) is 10.6 Å². The molecule has 2 N–H and O–H groups in total. The van der Waals surface area contributed by atoms with Crippen LogP contribution in [0, 0.1) is 0 Å². The molecular formula is C18H26N2O5. The van der Waals surface area contributed by atoms with Gasteiger partial charge in [-0.25, -0.2) is 4.79 Å². The van der Waals surface area contributed by atoms with Crippen LogP contribution in [0.5, 0.6) is 0 Å². The third-order valence-electron chi connectivity index (χ3n) is 3.38. The Morgan fingerprint density at radius 3 is 2.44 bits per heavy atom. The molecule has 1 rings (SSSR count). The maximum atomic E-state index is 12.2. The van der Waals surface area contributed by atoms with E-state index in [4.69, 9.17) is 9.47 Å². The highest BCUT2D eigenvalue weighted by Crippen LogP contribution is 2.04. The fourth-order valence-electron chi connectivity index (χ4n) is 2.08. The molecule has 1 aromatic rings. The molecule has 138 valence electrons. The van der Waals surface area contributed by atoms with Gasteiger partial charge in [-0.1, -0.05) is 50.1 Å². The second-order valence-electron chi connectivity index (χ2n) is 5.42. The number of alkyl carbamates (subject to hydrolysis) is 1. The maximum absolute atomic E-state index is 12.2. The smallest absolute Gasteiger partial charge is 0.408 e. The number of amides is 2. The number of ether oxygens (including phenoxy) is 2. The minimum absolute atomic E-state index is 0.123. The number of hydrogen-bond donors (Lipinski definition) is 2. The first-order valence-electron chi connectivity index (χ1n) is 8.47. The van der Waals surface area contributed by atoms with Crippen molar-refractivity contribution in [2.75, 3.05) is 13.2 Å². The first-order chi connectivity index (χ1) is 12.1. The Morgan fingerprint density at radius 1 is 1.08 bits per heavy atom. The van der Waals surface area contributed by atoms with Crippen molar-refractivity contribution < 1.29 is 23.9 Å². The van der Waals surface area contributed by atoms with Gasteiger partial charge >= 0.3 is 12.1 Å². The molecule has 1 atom stereocenters. The fourth-order valence-corrected chi connectivity index (χ4v) is 2.08. The highest BCUT2D eigenvalue weighted by atomic mass is 16.5. The minimum atomic E-state index is -0.752. The number of nitrogens with one attached hydrogen (secondary N) is 2. The van der Waals surface area contributed by atoms with Crippen LogP contribution in [0.4, 0.5) is 4.79 Å². The van der Waals surface area contributed by atoms with Gasteiger partial charge in [-0.3, -0.25) is 9.59 Å². The van der Waals surface area contributed by atoms with Gasteiger partial charge in [0.15, 0.2) is 0 Å². The zero-order chi connectivity index (χ0) is 18.5. The summed E-state index contributed by atoms with van der Waals surface area (Å²) in [5.41, 5.74) is 0.856. The molecule has 0 fully saturated rings. The van der Waals surface area contributed by atoms with Crippen LogP contribution in [0.2, 0.25) is 0 Å². The van der Waals surface area contributed by atoms with E-state index in [1.807, 2.05) is 37.3 Å². The molecule has 0 saturated carbocycles. The zero-order valence-corrected chi connectivity index (χ0v) is 14.7. The van der Waals surface area contributed by atoms with Crippen molar-refractivity contribution in [3.8, 4) is 0 Å². The molecule has 7 nitrogen and oxygen atoms in total. The third kappa shape index (κ3) is 8.74. The third-order valence-corrected chi connectivity index (χ3v) is 3.38. The molecule has 0 aromatic heterocycles. The number of carbonyl (C=O) groups is 3. The first kappa shape index (κ1) is 20.5. The van der Waals surface area contributed by atoms with Crippen molar-refractivity contribution in [3.05, 3.63) is 35.9 Å². The van der Waals surface area contributed by atoms with Crippen LogP contribution in [0.3, 0.4) is 0 Å². The van der Waals surface area contributed by atoms with Crippen molar-refractivity contribution >= 4 is 18.0 Å². The molecule has 0 spiro atoms. The quantitative estimate of drug-likeness (QED) is 0.631. The SMILES string of the molecule is CCCC[C@H](NC(=O)OCc1ccccc1)C(=O)NCC(=O)OCC. The number of rotatable bonds is 10. The lowest BCUT2D eigenvalue weighted by Crippen LogP contribution is -2.48. The highest BCUT2D eigenvalue weighted by molar-refractivity contribution is 5.88. The average Bonchev–Trinajstić information content (AvgIpc) is 2.62. The van der Waals surface area contributed by atoms with Crippen LogP contribution < -0.4 is 10.6 Å². The van der Waals surface area contributed by atoms with Gasteiger partial charge in [0.1, 0.15) is 19.2 Å². The van der Waals surface area contributed by atoms with Crippen molar-refractivity contribution in [1.29, 1.82) is 0 Å². The zero-order valence-electron chi connectivity index (χ0n) is 14.7. The average molecular weight is 350 g/mol. The molecule has 0 unspecified atom stereocenters. The predicted molar refractivity (Wildman–Crippen MR) is 92.7 cm³/mol. The summed E-state index contributed by atoms with van der Waals surface area (Å²) in [5.74, 6) is -0.949. The van der Waals surface area contributed by atoms with Gasteiger partial charge in [0.25, 0.3) is 0 Å². The Morgan fingerprint density at radius 2 is 1.80 bits per heavy atom. The summed E-state index contributed by atoms with van der Waals surface area (Å²) in [5, 5.41) is 5.02. The highest BCUT2D eigenvalue weighted by Gasteiger charge is 2.21. The van der Waals surface area contributed by atoms with Gasteiger partial charge in [0.2, 0.25) is 5.91 Å².